The number of anilines is 1. The molecule has 1 aromatic heterocycles. The zero-order chi connectivity index (χ0) is 23.4. The largest absolute Gasteiger partial charge is 0.489 e. The van der Waals surface area contributed by atoms with Crippen LogP contribution >= 0.6 is 23.4 Å². The first-order valence-corrected chi connectivity index (χ1v) is 12.4. The second-order valence-electron chi connectivity index (χ2n) is 7.94. The van der Waals surface area contributed by atoms with Crippen LogP contribution in [0, 0.1) is 0 Å². The van der Waals surface area contributed by atoms with Crippen molar-refractivity contribution in [3.63, 3.8) is 0 Å². The molecular weight excluding hydrogens is 456 g/mol. The quantitative estimate of drug-likeness (QED) is 0.286. The van der Waals surface area contributed by atoms with Gasteiger partial charge in [0, 0.05) is 27.6 Å². The van der Waals surface area contributed by atoms with E-state index < -0.39 is 0 Å². The number of carbonyl (C=O) groups is 1. The number of thioether (sulfide) groups is 1. The van der Waals surface area contributed by atoms with Crippen LogP contribution in [0.15, 0.2) is 65.0 Å². The van der Waals surface area contributed by atoms with Gasteiger partial charge in [0.2, 0.25) is 11.1 Å². The number of ether oxygens (including phenoxy) is 1. The number of nitrogens with zero attached hydrogens (tertiary/aromatic N) is 3. The summed E-state index contributed by atoms with van der Waals surface area (Å²) in [7, 11) is 0. The second-order valence-corrected chi connectivity index (χ2v) is 9.41. The molecule has 3 aromatic rings. The Morgan fingerprint density at radius 3 is 2.67 bits per heavy atom. The normalized spacial score (nSPS) is 15.2. The number of fused-ring (bicyclic) bond motifs is 1. The number of carbonyl (C=O) groups excluding carboxylic acids is 1. The van der Waals surface area contributed by atoms with Crippen molar-refractivity contribution in [1.29, 1.82) is 0 Å². The lowest BCUT2D eigenvalue weighted by Crippen LogP contribution is -2.27. The van der Waals surface area contributed by atoms with E-state index in [-0.39, 0.29) is 11.8 Å². The second kappa shape index (κ2) is 10.4. The first-order valence-electron chi connectivity index (χ1n) is 11.0. The maximum Gasteiger partial charge on any atom is 0.227 e. The summed E-state index contributed by atoms with van der Waals surface area (Å²) >= 11 is 7.86. The van der Waals surface area contributed by atoms with E-state index in [4.69, 9.17) is 21.4 Å². The molecule has 0 fully saturated rings. The van der Waals surface area contributed by atoms with Crippen LogP contribution in [-0.2, 0) is 11.4 Å². The molecule has 2 heterocycles. The summed E-state index contributed by atoms with van der Waals surface area (Å²) in [6.45, 7) is 6.05. The fourth-order valence-corrected chi connectivity index (χ4v) is 4.89. The smallest absolute Gasteiger partial charge is 0.227 e. The average molecular weight is 483 g/mol. The zero-order valence-corrected chi connectivity index (χ0v) is 20.5. The van der Waals surface area contributed by atoms with Crippen molar-refractivity contribution in [2.75, 3.05) is 11.1 Å². The third-order valence-electron chi connectivity index (χ3n) is 5.49. The van der Waals surface area contributed by atoms with Gasteiger partial charge in [-0.15, -0.1) is 5.10 Å². The number of unbranched alkanes of at least 4 members (excludes halogenated alkanes) is 1. The number of ketones is 1. The van der Waals surface area contributed by atoms with Crippen LogP contribution in [0.3, 0.4) is 0 Å². The number of nitrogens with one attached hydrogen (secondary N) is 1. The minimum absolute atomic E-state index is 0.00498. The van der Waals surface area contributed by atoms with Gasteiger partial charge in [0.25, 0.3) is 0 Å². The molecule has 172 valence electrons. The van der Waals surface area contributed by atoms with Crippen LogP contribution in [-0.4, -0.2) is 26.3 Å². The Labute approximate surface area is 203 Å². The van der Waals surface area contributed by atoms with Gasteiger partial charge in [-0.25, -0.2) is 4.68 Å². The van der Waals surface area contributed by atoms with Crippen LogP contribution in [0.2, 0.25) is 5.02 Å². The van der Waals surface area contributed by atoms with Crippen LogP contribution < -0.4 is 10.1 Å². The Bertz CT molecular complexity index is 1170. The molecule has 1 N–H and O–H groups in total. The van der Waals surface area contributed by atoms with E-state index in [1.54, 1.807) is 18.7 Å². The molecule has 2 aromatic carbocycles. The van der Waals surface area contributed by atoms with Gasteiger partial charge in [0.15, 0.2) is 5.78 Å². The van der Waals surface area contributed by atoms with E-state index in [9.17, 15) is 4.79 Å². The molecule has 0 amide bonds. The molecule has 0 aliphatic carbocycles. The molecule has 4 rings (SSSR count). The first kappa shape index (κ1) is 23.4. The molecule has 0 saturated heterocycles. The standard InChI is InChI=1S/C25H27ClN4O2S/c1-4-5-14-33-25-28-24-27-16(2)22(17(3)31)23(30(24)29-25)18-10-12-20(13-11-18)32-15-19-8-6-7-9-21(19)26/h6-13,23H,4-5,14-15H2,1-3H3,(H,27,28,29). The van der Waals surface area contributed by atoms with Crippen LogP contribution in [0.5, 0.6) is 5.75 Å². The van der Waals surface area contributed by atoms with Crippen molar-refractivity contribution in [1.82, 2.24) is 14.8 Å². The monoisotopic (exact) mass is 482 g/mol. The van der Waals surface area contributed by atoms with Gasteiger partial charge in [-0.1, -0.05) is 67.0 Å². The number of rotatable bonds is 9. The van der Waals surface area contributed by atoms with Gasteiger partial charge in [-0.3, -0.25) is 4.79 Å². The molecule has 6 nitrogen and oxygen atoms in total. The summed E-state index contributed by atoms with van der Waals surface area (Å²) in [5, 5.41) is 9.38. The number of Topliss-reactive ketones (excluding diaryl/α,β-unsaturated/α-hetero) is 1. The zero-order valence-electron chi connectivity index (χ0n) is 19.0. The highest BCUT2D eigenvalue weighted by Crippen LogP contribution is 2.37. The van der Waals surface area contributed by atoms with Gasteiger partial charge < -0.3 is 10.1 Å². The number of aromatic nitrogens is 3. The van der Waals surface area contributed by atoms with Gasteiger partial charge >= 0.3 is 0 Å². The molecule has 1 aliphatic rings. The van der Waals surface area contributed by atoms with Crippen molar-refractivity contribution < 1.29 is 9.53 Å². The Morgan fingerprint density at radius 2 is 1.97 bits per heavy atom. The summed E-state index contributed by atoms with van der Waals surface area (Å²) < 4.78 is 7.74. The Kier molecular flexibility index (Phi) is 7.40. The summed E-state index contributed by atoms with van der Waals surface area (Å²) in [5.41, 5.74) is 3.36. The highest BCUT2D eigenvalue weighted by Gasteiger charge is 2.32. The molecule has 8 heteroatoms. The topological polar surface area (TPSA) is 69.0 Å². The minimum Gasteiger partial charge on any atom is -0.489 e. The van der Waals surface area contributed by atoms with Crippen molar-refractivity contribution in [3.05, 3.63) is 76.0 Å². The third-order valence-corrected chi connectivity index (χ3v) is 6.78. The lowest BCUT2D eigenvalue weighted by molar-refractivity contribution is -0.114. The van der Waals surface area contributed by atoms with Gasteiger partial charge in [-0.2, -0.15) is 4.98 Å². The maximum atomic E-state index is 12.6. The SMILES string of the molecule is CCCCSc1nc2n(n1)C(c1ccc(OCc3ccccc3Cl)cc1)C(C(C)=O)=C(C)N2. The van der Waals surface area contributed by atoms with Gasteiger partial charge in [-0.05, 0) is 44.0 Å². The molecule has 0 saturated carbocycles. The predicted molar refractivity (Wildman–Crippen MR) is 133 cm³/mol. The van der Waals surface area contributed by atoms with Crippen molar-refractivity contribution in [3.8, 4) is 5.75 Å². The minimum atomic E-state index is -0.343. The summed E-state index contributed by atoms with van der Waals surface area (Å²) in [5.74, 6) is 2.35. The molecule has 0 radical (unpaired) electrons. The third kappa shape index (κ3) is 5.25. The Hall–Kier alpha value is -2.77. The maximum absolute atomic E-state index is 12.6. The van der Waals surface area contributed by atoms with Crippen LogP contribution in [0.4, 0.5) is 5.95 Å². The van der Waals surface area contributed by atoms with Crippen molar-refractivity contribution >= 4 is 35.1 Å². The highest BCUT2D eigenvalue weighted by atomic mass is 35.5. The molecule has 1 atom stereocenters. The Morgan fingerprint density at radius 1 is 1.21 bits per heavy atom. The van der Waals surface area contributed by atoms with Gasteiger partial charge in [0.1, 0.15) is 18.4 Å². The first-order chi connectivity index (χ1) is 16.0. The molecular formula is C25H27ClN4O2S. The average Bonchev–Trinajstić information content (AvgIpc) is 3.20. The summed E-state index contributed by atoms with van der Waals surface area (Å²) in [6, 6.07) is 15.1. The van der Waals surface area contributed by atoms with E-state index in [0.29, 0.717) is 28.3 Å². The van der Waals surface area contributed by atoms with Crippen LogP contribution in [0.1, 0.15) is 50.8 Å². The van der Waals surface area contributed by atoms with E-state index >= 15 is 0 Å². The molecule has 33 heavy (non-hydrogen) atoms. The van der Waals surface area contributed by atoms with Crippen molar-refractivity contribution in [2.45, 2.75) is 51.4 Å². The summed E-state index contributed by atoms with van der Waals surface area (Å²) in [6.07, 6.45) is 2.23. The Balaban J connectivity index is 1.59. The molecule has 0 bridgehead atoms. The van der Waals surface area contributed by atoms with Gasteiger partial charge in [0.05, 0.1) is 0 Å². The van der Waals surface area contributed by atoms with E-state index in [1.807, 2.05) is 60.1 Å². The summed E-state index contributed by atoms with van der Waals surface area (Å²) in [4.78, 5) is 17.2. The highest BCUT2D eigenvalue weighted by molar-refractivity contribution is 7.99. The lowest BCUT2D eigenvalue weighted by atomic mass is 9.93. The predicted octanol–water partition coefficient (Wildman–Crippen LogP) is 6.28. The van der Waals surface area contributed by atoms with E-state index in [0.717, 1.165) is 41.2 Å². The lowest BCUT2D eigenvalue weighted by Gasteiger charge is -2.28. The van der Waals surface area contributed by atoms with E-state index in [2.05, 4.69) is 17.2 Å². The fourth-order valence-electron chi connectivity index (χ4n) is 3.79. The molecule has 1 unspecified atom stereocenters. The van der Waals surface area contributed by atoms with Crippen molar-refractivity contribution in [2.24, 2.45) is 0 Å². The number of hydrogen-bond donors (Lipinski definition) is 1. The van der Waals surface area contributed by atoms with E-state index in [1.165, 1.54) is 0 Å². The number of benzene rings is 2. The number of allylic oxidation sites excluding steroid dienone is 2. The number of hydrogen-bond acceptors (Lipinski definition) is 6. The van der Waals surface area contributed by atoms with Crippen LogP contribution in [0.25, 0.3) is 0 Å². The number of halogens is 1. The molecule has 0 spiro atoms. The molecule has 1 aliphatic heterocycles. The fraction of sp³-hybridized carbons (Fsp3) is 0.320.